The summed E-state index contributed by atoms with van der Waals surface area (Å²) in [6, 6.07) is 20.5. The van der Waals surface area contributed by atoms with Gasteiger partial charge in [-0.2, -0.15) is 0 Å². The van der Waals surface area contributed by atoms with Gasteiger partial charge in [-0.15, -0.1) is 0 Å². The highest BCUT2D eigenvalue weighted by atomic mass is 32.2. The molecule has 0 spiro atoms. The zero-order chi connectivity index (χ0) is 26.6. The highest BCUT2D eigenvalue weighted by Gasteiger charge is 2.34. The van der Waals surface area contributed by atoms with Crippen LogP contribution in [0.4, 0.5) is 0 Å². The lowest BCUT2D eigenvalue weighted by Gasteiger charge is -2.24. The fourth-order valence-corrected chi connectivity index (χ4v) is 8.86. The molecule has 0 saturated heterocycles. The van der Waals surface area contributed by atoms with Crippen LogP contribution < -0.4 is 4.74 Å². The van der Waals surface area contributed by atoms with E-state index in [1.807, 2.05) is 24.3 Å². The van der Waals surface area contributed by atoms with Crippen LogP contribution in [0.1, 0.15) is 20.7 Å². The highest BCUT2D eigenvalue weighted by Crippen LogP contribution is 2.52. The third-order valence-corrected chi connectivity index (χ3v) is 10.7. The fourth-order valence-electron chi connectivity index (χ4n) is 4.45. The van der Waals surface area contributed by atoms with Gasteiger partial charge in [0.05, 0.1) is 44.9 Å². The number of hydrogen-bond donors (Lipinski definition) is 0. The van der Waals surface area contributed by atoms with Crippen molar-refractivity contribution in [2.24, 2.45) is 0 Å². The van der Waals surface area contributed by atoms with Crippen molar-refractivity contribution in [1.29, 1.82) is 0 Å². The second-order valence-corrected chi connectivity index (χ2v) is 12.3. The maximum absolute atomic E-state index is 13.5. The quantitative estimate of drug-likeness (QED) is 0.225. The molecule has 0 saturated carbocycles. The molecule has 0 N–H and O–H groups in total. The van der Waals surface area contributed by atoms with Gasteiger partial charge < -0.3 is 14.2 Å². The van der Waals surface area contributed by atoms with Gasteiger partial charge >= 0.3 is 11.9 Å². The summed E-state index contributed by atoms with van der Waals surface area (Å²) >= 11 is 2.59. The molecule has 2 heterocycles. The van der Waals surface area contributed by atoms with Crippen LogP contribution in [0.25, 0.3) is 11.1 Å². The van der Waals surface area contributed by atoms with E-state index in [-0.39, 0.29) is 15.4 Å². The first-order valence-corrected chi connectivity index (χ1v) is 14.4. The minimum absolute atomic E-state index is 0.0573. The smallest absolute Gasteiger partial charge is 0.339 e. The van der Waals surface area contributed by atoms with E-state index in [0.29, 0.717) is 42.9 Å². The zero-order valence-corrected chi connectivity index (χ0v) is 22.5. The van der Waals surface area contributed by atoms with Gasteiger partial charge in [0.1, 0.15) is 11.5 Å². The molecular formula is C28H18O7S3. The molecule has 190 valence electrons. The Morgan fingerprint density at radius 3 is 2.29 bits per heavy atom. The van der Waals surface area contributed by atoms with E-state index in [2.05, 4.69) is 0 Å². The maximum atomic E-state index is 13.5. The normalized spacial score (nSPS) is 14.2. The largest absolute Gasteiger partial charge is 0.465 e. The van der Waals surface area contributed by atoms with Crippen molar-refractivity contribution in [3.63, 3.8) is 0 Å². The van der Waals surface area contributed by atoms with Gasteiger partial charge in [0.25, 0.3) is 0 Å². The molecule has 10 heteroatoms. The Hall–Kier alpha value is -3.73. The van der Waals surface area contributed by atoms with Gasteiger partial charge in [0, 0.05) is 9.79 Å². The van der Waals surface area contributed by atoms with Crippen LogP contribution in [-0.4, -0.2) is 34.6 Å². The molecule has 2 aliphatic heterocycles. The Kier molecular flexibility index (Phi) is 5.97. The van der Waals surface area contributed by atoms with Gasteiger partial charge in [-0.1, -0.05) is 47.8 Å². The van der Waals surface area contributed by atoms with Crippen molar-refractivity contribution in [2.75, 3.05) is 14.2 Å². The number of benzene rings is 4. The Morgan fingerprint density at radius 1 is 0.737 bits per heavy atom. The van der Waals surface area contributed by atoms with Crippen molar-refractivity contribution >= 4 is 45.3 Å². The van der Waals surface area contributed by atoms with Crippen LogP contribution in [0.3, 0.4) is 0 Å². The zero-order valence-electron chi connectivity index (χ0n) is 20.0. The number of rotatable bonds is 3. The number of esters is 2. The van der Waals surface area contributed by atoms with E-state index in [9.17, 15) is 18.0 Å². The number of ether oxygens (including phenoxy) is 3. The van der Waals surface area contributed by atoms with Gasteiger partial charge in [-0.05, 0) is 59.7 Å². The van der Waals surface area contributed by atoms with E-state index >= 15 is 0 Å². The molecule has 38 heavy (non-hydrogen) atoms. The Balaban J connectivity index is 1.51. The number of hydrogen-bond acceptors (Lipinski definition) is 9. The molecule has 6 rings (SSSR count). The summed E-state index contributed by atoms with van der Waals surface area (Å²) in [5, 5.41) is 0. The Morgan fingerprint density at radius 2 is 1.50 bits per heavy atom. The summed E-state index contributed by atoms with van der Waals surface area (Å²) in [5.74, 6) is 0.0706. The molecule has 0 fully saturated rings. The number of carbonyl (C=O) groups is 2. The molecule has 0 bridgehead atoms. The third-order valence-electron chi connectivity index (χ3n) is 6.22. The first-order valence-electron chi connectivity index (χ1n) is 11.3. The number of para-hydroxylation sites is 1. The van der Waals surface area contributed by atoms with Crippen LogP contribution in [0.2, 0.25) is 0 Å². The van der Waals surface area contributed by atoms with Gasteiger partial charge in [0.2, 0.25) is 9.84 Å². The molecule has 2 aliphatic rings. The standard InChI is InChI=1S/C28H18O7S3/c1-33-27(29)17-6-5-9-23-25(17)37-21-14-15(10-13-22(21)38(23,31)32)16-11-12-19-26(24(16)28(30)34-2)36-20-8-4-3-7-18(20)35-19/h3-14H,1-2H3. The summed E-state index contributed by atoms with van der Waals surface area (Å²) in [6.07, 6.45) is 0. The number of sulfone groups is 1. The minimum Gasteiger partial charge on any atom is -0.465 e. The molecule has 4 aromatic carbocycles. The number of carbonyl (C=O) groups excluding carboxylic acids is 2. The van der Waals surface area contributed by atoms with E-state index in [1.165, 1.54) is 62.0 Å². The van der Waals surface area contributed by atoms with Crippen LogP contribution in [0.15, 0.2) is 102 Å². The summed E-state index contributed by atoms with van der Waals surface area (Å²) in [7, 11) is -1.32. The van der Waals surface area contributed by atoms with Crippen LogP contribution in [0, 0.1) is 0 Å². The van der Waals surface area contributed by atoms with Crippen molar-refractivity contribution < 1.29 is 32.2 Å². The summed E-state index contributed by atoms with van der Waals surface area (Å²) in [5.41, 5.74) is 1.68. The van der Waals surface area contributed by atoms with Gasteiger partial charge in [0.15, 0.2) is 0 Å². The molecule has 4 aromatic rings. The second kappa shape index (κ2) is 9.23. The van der Waals surface area contributed by atoms with Crippen LogP contribution >= 0.6 is 23.5 Å². The predicted molar refractivity (Wildman–Crippen MR) is 141 cm³/mol. The van der Waals surface area contributed by atoms with Crippen molar-refractivity contribution in [1.82, 2.24) is 0 Å². The van der Waals surface area contributed by atoms with Crippen molar-refractivity contribution in [3.8, 4) is 22.6 Å². The van der Waals surface area contributed by atoms with Crippen LogP contribution in [0.5, 0.6) is 11.5 Å². The Labute approximate surface area is 227 Å². The van der Waals surface area contributed by atoms with Gasteiger partial charge in [-0.3, -0.25) is 0 Å². The van der Waals surface area contributed by atoms with Crippen LogP contribution in [-0.2, 0) is 19.3 Å². The first-order chi connectivity index (χ1) is 18.3. The second-order valence-electron chi connectivity index (χ2n) is 8.35. The molecule has 7 nitrogen and oxygen atoms in total. The molecule has 0 aliphatic carbocycles. The lowest BCUT2D eigenvalue weighted by atomic mass is 9.99. The molecular weight excluding hydrogens is 545 g/mol. The molecule has 0 aromatic heterocycles. The molecule has 0 atom stereocenters. The maximum Gasteiger partial charge on any atom is 0.339 e. The SMILES string of the molecule is COC(=O)c1cccc2c1Sc1cc(-c3ccc4c(c3C(=O)OC)Sc3ccccc3O4)ccc1S2(=O)=O. The average Bonchev–Trinajstić information content (AvgIpc) is 2.94. The van der Waals surface area contributed by atoms with Crippen molar-refractivity contribution in [2.45, 2.75) is 29.4 Å². The summed E-state index contributed by atoms with van der Waals surface area (Å²) in [6.45, 7) is 0. The lowest BCUT2D eigenvalue weighted by Crippen LogP contribution is -2.13. The average molecular weight is 563 g/mol. The predicted octanol–water partition coefficient (Wildman–Crippen LogP) is 6.48. The van der Waals surface area contributed by atoms with Gasteiger partial charge in [-0.25, -0.2) is 18.0 Å². The third kappa shape index (κ3) is 3.79. The summed E-state index contributed by atoms with van der Waals surface area (Å²) in [4.78, 5) is 27.8. The number of fused-ring (bicyclic) bond motifs is 4. The summed E-state index contributed by atoms with van der Waals surface area (Å²) < 4.78 is 43.0. The number of methoxy groups -OCH3 is 2. The lowest BCUT2D eigenvalue weighted by molar-refractivity contribution is 0.0587. The van der Waals surface area contributed by atoms with E-state index < -0.39 is 21.8 Å². The highest BCUT2D eigenvalue weighted by molar-refractivity contribution is 8.02. The Bertz CT molecular complexity index is 1780. The monoisotopic (exact) mass is 562 g/mol. The first kappa shape index (κ1) is 24.6. The van der Waals surface area contributed by atoms with E-state index in [4.69, 9.17) is 14.2 Å². The van der Waals surface area contributed by atoms with Crippen molar-refractivity contribution in [3.05, 3.63) is 83.9 Å². The topological polar surface area (TPSA) is 96.0 Å². The molecule has 0 unspecified atom stereocenters. The minimum atomic E-state index is -3.89. The molecule has 0 amide bonds. The van der Waals surface area contributed by atoms with E-state index in [1.54, 1.807) is 24.3 Å². The molecule has 0 radical (unpaired) electrons. The van der Waals surface area contributed by atoms with E-state index in [0.717, 1.165) is 4.90 Å². The fraction of sp³-hybridized carbons (Fsp3) is 0.0714.